The summed E-state index contributed by atoms with van der Waals surface area (Å²) >= 11 is 0. The van der Waals surface area contributed by atoms with E-state index < -0.39 is 10.9 Å². The van der Waals surface area contributed by atoms with Gasteiger partial charge >= 0.3 is 5.95 Å². The van der Waals surface area contributed by atoms with Crippen LogP contribution in [0.3, 0.4) is 0 Å². The quantitative estimate of drug-likeness (QED) is 0.389. The molecule has 8 nitrogen and oxygen atoms in total. The molecule has 0 aliphatic rings. The molecule has 2 aromatic carbocycles. The van der Waals surface area contributed by atoms with Crippen LogP contribution in [0.15, 0.2) is 54.6 Å². The van der Waals surface area contributed by atoms with E-state index in [0.717, 1.165) is 0 Å². The van der Waals surface area contributed by atoms with E-state index in [9.17, 15) is 14.9 Å². The topological polar surface area (TPSA) is 100 Å². The van der Waals surface area contributed by atoms with Gasteiger partial charge in [-0.05, 0) is 46.3 Å². The summed E-state index contributed by atoms with van der Waals surface area (Å²) in [6, 6.07) is 16.0. The maximum absolute atomic E-state index is 12.3. The molecule has 0 bridgehead atoms. The zero-order valence-corrected chi connectivity index (χ0v) is 13.3. The molecule has 0 unspecified atom stereocenters. The lowest BCUT2D eigenvalue weighted by atomic mass is 10.1. The highest BCUT2D eigenvalue weighted by atomic mass is 16.6. The summed E-state index contributed by atoms with van der Waals surface area (Å²) in [4.78, 5) is 26.0. The number of hydrogen-bond donors (Lipinski definition) is 0. The third-order valence-corrected chi connectivity index (χ3v) is 3.46. The summed E-state index contributed by atoms with van der Waals surface area (Å²) in [7, 11) is 0. The lowest BCUT2D eigenvalue weighted by Gasteiger charge is -2.06. The number of benzene rings is 2. The number of aryl methyl sites for hydroxylation is 1. The number of nitrogens with zero attached hydrogens (tertiary/aromatic N) is 4. The number of ether oxygens (including phenoxy) is 1. The zero-order chi connectivity index (χ0) is 17.8. The van der Waals surface area contributed by atoms with Crippen LogP contribution in [0.4, 0.5) is 5.95 Å². The van der Waals surface area contributed by atoms with Gasteiger partial charge in [0.15, 0.2) is 5.78 Å². The van der Waals surface area contributed by atoms with Crippen molar-refractivity contribution >= 4 is 11.7 Å². The fourth-order valence-electron chi connectivity index (χ4n) is 2.19. The van der Waals surface area contributed by atoms with Gasteiger partial charge in [-0.1, -0.05) is 18.2 Å². The summed E-state index contributed by atoms with van der Waals surface area (Å²) in [6.07, 6.45) is 0. The summed E-state index contributed by atoms with van der Waals surface area (Å²) in [6.45, 7) is 1.44. The average Bonchev–Trinajstić information content (AvgIpc) is 2.97. The minimum absolute atomic E-state index is 0.119. The molecule has 3 aromatic rings. The molecule has 8 heteroatoms. The predicted octanol–water partition coefficient (Wildman–Crippen LogP) is 3.17. The van der Waals surface area contributed by atoms with Crippen molar-refractivity contribution in [3.8, 4) is 11.5 Å². The number of aromatic nitrogens is 3. The lowest BCUT2D eigenvalue weighted by Crippen LogP contribution is -2.13. The molecule has 3 rings (SSSR count). The Bertz CT molecular complexity index is 904. The van der Waals surface area contributed by atoms with Gasteiger partial charge in [-0.25, -0.2) is 0 Å². The Balaban J connectivity index is 1.69. The fraction of sp³-hybridized carbons (Fsp3) is 0.118. The van der Waals surface area contributed by atoms with Crippen LogP contribution in [0.25, 0.3) is 0 Å². The Kier molecular flexibility index (Phi) is 4.51. The largest absolute Gasteiger partial charge is 0.491 e. The first kappa shape index (κ1) is 16.3. The third kappa shape index (κ3) is 3.86. The average molecular weight is 338 g/mol. The maximum atomic E-state index is 12.3. The fourth-order valence-corrected chi connectivity index (χ4v) is 2.19. The van der Waals surface area contributed by atoms with E-state index in [0.29, 0.717) is 22.9 Å². The second-order valence-electron chi connectivity index (χ2n) is 5.24. The van der Waals surface area contributed by atoms with Gasteiger partial charge in [0.1, 0.15) is 18.0 Å². The van der Waals surface area contributed by atoms with E-state index in [2.05, 4.69) is 10.1 Å². The highest BCUT2D eigenvalue weighted by Crippen LogP contribution is 2.21. The second-order valence-corrected chi connectivity index (χ2v) is 5.24. The van der Waals surface area contributed by atoms with Crippen molar-refractivity contribution in [1.82, 2.24) is 14.8 Å². The summed E-state index contributed by atoms with van der Waals surface area (Å²) in [5, 5.41) is 14.4. The van der Waals surface area contributed by atoms with Crippen LogP contribution in [-0.2, 0) is 6.54 Å². The van der Waals surface area contributed by atoms with Crippen LogP contribution >= 0.6 is 0 Å². The number of rotatable bonds is 6. The van der Waals surface area contributed by atoms with Crippen LogP contribution < -0.4 is 4.74 Å². The Labute approximate surface area is 142 Å². The summed E-state index contributed by atoms with van der Waals surface area (Å²) in [5.74, 6) is 0.873. The van der Waals surface area contributed by atoms with Crippen LogP contribution in [0.1, 0.15) is 16.2 Å². The molecular formula is C17H14N4O4. The molecule has 0 radical (unpaired) electrons. The van der Waals surface area contributed by atoms with Crippen molar-refractivity contribution in [2.24, 2.45) is 0 Å². The normalized spacial score (nSPS) is 10.4. The number of nitro groups is 1. The summed E-state index contributed by atoms with van der Waals surface area (Å²) in [5.41, 5.74) is 0.456. The Morgan fingerprint density at radius 2 is 1.76 bits per heavy atom. The van der Waals surface area contributed by atoms with E-state index in [4.69, 9.17) is 4.74 Å². The molecule has 0 saturated heterocycles. The third-order valence-electron chi connectivity index (χ3n) is 3.46. The molecule has 0 aliphatic heterocycles. The molecule has 0 N–H and O–H groups in total. The van der Waals surface area contributed by atoms with Gasteiger partial charge in [-0.2, -0.15) is 4.68 Å². The van der Waals surface area contributed by atoms with Gasteiger partial charge in [-0.3, -0.25) is 4.79 Å². The van der Waals surface area contributed by atoms with Crippen LogP contribution in [-0.4, -0.2) is 25.5 Å². The molecule has 0 spiro atoms. The highest BCUT2D eigenvalue weighted by molar-refractivity contribution is 5.96. The van der Waals surface area contributed by atoms with Crippen molar-refractivity contribution < 1.29 is 14.5 Å². The van der Waals surface area contributed by atoms with Crippen molar-refractivity contribution in [2.45, 2.75) is 13.5 Å². The minimum atomic E-state index is -0.691. The molecule has 126 valence electrons. The molecule has 0 amide bonds. The van der Waals surface area contributed by atoms with Crippen LogP contribution in [0.2, 0.25) is 0 Å². The number of carbonyl (C=O) groups excluding carboxylic acids is 1. The maximum Gasteiger partial charge on any atom is 0.491 e. The first-order chi connectivity index (χ1) is 12.0. The Morgan fingerprint density at radius 3 is 2.36 bits per heavy atom. The Morgan fingerprint density at radius 1 is 1.12 bits per heavy atom. The standard InChI is InChI=1S/C17H14N4O4/c1-12-18-17(21(23)24)19-20(12)11-16(22)13-7-9-15(10-8-13)25-14-5-3-2-4-6-14/h2-10H,11H2,1H3. The van der Waals surface area contributed by atoms with Crippen molar-refractivity contribution in [3.05, 3.63) is 76.1 Å². The van der Waals surface area contributed by atoms with E-state index in [1.165, 1.54) is 4.68 Å². The number of hydrogen-bond acceptors (Lipinski definition) is 6. The van der Waals surface area contributed by atoms with Gasteiger partial charge in [0.2, 0.25) is 5.82 Å². The SMILES string of the molecule is Cc1nc([N+](=O)[O-])nn1CC(=O)c1ccc(Oc2ccccc2)cc1. The number of Topliss-reactive ketones (excluding diaryl/α,β-unsaturated/α-hetero) is 1. The van der Waals surface area contributed by atoms with Gasteiger partial charge in [0.05, 0.1) is 0 Å². The Hall–Kier alpha value is -3.55. The smallest absolute Gasteiger partial charge is 0.457 e. The molecular weight excluding hydrogens is 324 g/mol. The molecule has 0 fully saturated rings. The van der Waals surface area contributed by atoms with Gasteiger partial charge < -0.3 is 14.9 Å². The van der Waals surface area contributed by atoms with Crippen molar-refractivity contribution in [2.75, 3.05) is 0 Å². The minimum Gasteiger partial charge on any atom is -0.457 e. The van der Waals surface area contributed by atoms with E-state index in [-0.39, 0.29) is 12.3 Å². The van der Waals surface area contributed by atoms with Gasteiger partial charge in [-0.15, -0.1) is 0 Å². The van der Waals surface area contributed by atoms with E-state index in [1.807, 2.05) is 30.3 Å². The van der Waals surface area contributed by atoms with Crippen molar-refractivity contribution in [3.63, 3.8) is 0 Å². The molecule has 0 aliphatic carbocycles. The lowest BCUT2D eigenvalue weighted by molar-refractivity contribution is -0.394. The first-order valence-electron chi connectivity index (χ1n) is 7.45. The van der Waals surface area contributed by atoms with E-state index in [1.54, 1.807) is 31.2 Å². The van der Waals surface area contributed by atoms with Crippen molar-refractivity contribution in [1.29, 1.82) is 0 Å². The first-order valence-corrected chi connectivity index (χ1v) is 7.45. The number of carbonyl (C=O) groups is 1. The van der Waals surface area contributed by atoms with Crippen LogP contribution in [0.5, 0.6) is 11.5 Å². The van der Waals surface area contributed by atoms with Crippen LogP contribution in [0, 0.1) is 17.0 Å². The zero-order valence-electron chi connectivity index (χ0n) is 13.3. The molecule has 1 heterocycles. The molecule has 0 saturated carbocycles. The number of ketones is 1. The van der Waals surface area contributed by atoms with E-state index >= 15 is 0 Å². The van der Waals surface area contributed by atoms with Gasteiger partial charge in [0, 0.05) is 17.6 Å². The molecule has 1 aromatic heterocycles. The second kappa shape index (κ2) is 6.91. The molecule has 25 heavy (non-hydrogen) atoms. The number of para-hydroxylation sites is 1. The monoisotopic (exact) mass is 338 g/mol. The van der Waals surface area contributed by atoms with Gasteiger partial charge in [0.25, 0.3) is 0 Å². The highest BCUT2D eigenvalue weighted by Gasteiger charge is 2.20. The predicted molar refractivity (Wildman–Crippen MR) is 88.7 cm³/mol. The summed E-state index contributed by atoms with van der Waals surface area (Å²) < 4.78 is 6.88. The molecule has 0 atom stereocenters.